The second kappa shape index (κ2) is 17.2. The summed E-state index contributed by atoms with van der Waals surface area (Å²) in [6.07, 6.45) is -4.23. The zero-order valence-electron chi connectivity index (χ0n) is 36.1. The Kier molecular flexibility index (Phi) is 13.5. The van der Waals surface area contributed by atoms with E-state index in [0.29, 0.717) is 36.3 Å². The van der Waals surface area contributed by atoms with Crippen molar-refractivity contribution in [1.82, 2.24) is 5.32 Å². The average Bonchev–Trinajstić information content (AvgIpc) is 3.11. The topological polar surface area (TPSA) is 12.0 Å². The molecule has 1 aliphatic rings. The van der Waals surface area contributed by atoms with Crippen LogP contribution in [-0.4, -0.2) is 55.6 Å². The highest BCUT2D eigenvalue weighted by atomic mass is 19.4. The highest BCUT2D eigenvalue weighted by molar-refractivity contribution is 5.66. The van der Waals surface area contributed by atoms with Gasteiger partial charge in [-0.05, 0) is 125 Å². The van der Waals surface area contributed by atoms with E-state index < -0.39 is 23.2 Å². The molecule has 0 bridgehead atoms. The Hall–Kier alpha value is -3.62. The van der Waals surface area contributed by atoms with E-state index in [4.69, 9.17) is 0 Å². The van der Waals surface area contributed by atoms with Gasteiger partial charge in [-0.3, -0.25) is 0 Å². The smallest absolute Gasteiger partial charge is 0.331 e. The Morgan fingerprint density at radius 1 is 0.552 bits per heavy atom. The van der Waals surface area contributed by atoms with Crippen molar-refractivity contribution in [2.45, 2.75) is 134 Å². The van der Waals surface area contributed by atoms with Crippen molar-refractivity contribution in [3.63, 3.8) is 0 Å². The van der Waals surface area contributed by atoms with Crippen molar-refractivity contribution >= 4 is 0 Å². The molecule has 0 saturated carbocycles. The van der Waals surface area contributed by atoms with Crippen LogP contribution in [0.4, 0.5) is 26.3 Å². The number of benzene rings is 4. The quantitative estimate of drug-likeness (QED) is 0.0717. The Labute approximate surface area is 344 Å². The molecule has 2 unspecified atom stereocenters. The fraction of sp³-hybridized carbons (Fsp3) is 0.520. The van der Waals surface area contributed by atoms with Crippen molar-refractivity contribution in [1.29, 1.82) is 0 Å². The molecule has 5 rings (SSSR count). The minimum atomic E-state index is -4.59. The summed E-state index contributed by atoms with van der Waals surface area (Å²) in [5, 5.41) is 3.66. The number of unbranched alkanes of at least 4 members (excludes halogenated alkanes) is 2. The number of aryl methyl sites for hydroxylation is 1. The molecule has 2 atom stereocenters. The van der Waals surface area contributed by atoms with E-state index in [2.05, 4.69) is 54.2 Å². The van der Waals surface area contributed by atoms with Crippen molar-refractivity contribution < 1.29 is 30.8 Å². The fourth-order valence-corrected chi connectivity index (χ4v) is 9.68. The molecule has 2 nitrogen and oxygen atoms in total. The van der Waals surface area contributed by atoms with Crippen LogP contribution in [0.3, 0.4) is 0 Å². The van der Waals surface area contributed by atoms with Crippen LogP contribution in [0.25, 0.3) is 22.3 Å². The van der Waals surface area contributed by atoms with Crippen LogP contribution in [0.15, 0.2) is 97.1 Å². The predicted octanol–water partition coefficient (Wildman–Crippen LogP) is 14.0. The molecule has 0 amide bonds. The number of nitrogens with one attached hydrogen (secondary N) is 1. The molecule has 1 N–H and O–H groups in total. The van der Waals surface area contributed by atoms with Gasteiger partial charge in [0.05, 0.1) is 33.1 Å². The van der Waals surface area contributed by atoms with Gasteiger partial charge in [0.15, 0.2) is 0 Å². The van der Waals surface area contributed by atoms with E-state index in [1.807, 2.05) is 31.2 Å². The molecule has 8 heteroatoms. The van der Waals surface area contributed by atoms with Gasteiger partial charge in [-0.25, -0.2) is 0 Å². The number of hydrogen-bond donors (Lipinski definition) is 1. The van der Waals surface area contributed by atoms with Crippen LogP contribution < -0.4 is 5.32 Å². The van der Waals surface area contributed by atoms with Crippen LogP contribution in [0.5, 0.6) is 0 Å². The molecular weight excluding hydrogens is 743 g/mol. The second-order valence-electron chi connectivity index (χ2n) is 19.7. The van der Waals surface area contributed by atoms with Crippen molar-refractivity contribution in [3.8, 4) is 22.3 Å². The first kappa shape index (κ1) is 45.5. The number of quaternary nitrogens is 1. The van der Waals surface area contributed by atoms with Crippen LogP contribution in [0.2, 0.25) is 0 Å². The maximum absolute atomic E-state index is 15.8. The minimum absolute atomic E-state index is 0.0177. The lowest BCUT2D eigenvalue weighted by Crippen LogP contribution is -2.57. The van der Waals surface area contributed by atoms with E-state index in [-0.39, 0.29) is 40.6 Å². The number of hydrogen-bond acceptors (Lipinski definition) is 1. The van der Waals surface area contributed by atoms with Crippen LogP contribution in [-0.2, 0) is 10.8 Å². The number of nitrogens with zero attached hydrogens (tertiary/aromatic N) is 1. The lowest BCUT2D eigenvalue weighted by Gasteiger charge is -2.47. The first-order valence-corrected chi connectivity index (χ1v) is 21.0. The van der Waals surface area contributed by atoms with Gasteiger partial charge in [-0.2, -0.15) is 26.3 Å². The minimum Gasteiger partial charge on any atom is -0.331 e. The predicted molar refractivity (Wildman–Crippen MR) is 228 cm³/mol. The van der Waals surface area contributed by atoms with Crippen molar-refractivity contribution in [3.05, 3.63) is 119 Å². The summed E-state index contributed by atoms with van der Waals surface area (Å²) in [6, 6.07) is 27.6. The molecule has 316 valence electrons. The summed E-state index contributed by atoms with van der Waals surface area (Å²) < 4.78 is 92.5. The molecular formula is C50H65F6N2+. The van der Waals surface area contributed by atoms with Gasteiger partial charge in [0.1, 0.15) is 5.41 Å². The largest absolute Gasteiger partial charge is 0.402 e. The van der Waals surface area contributed by atoms with E-state index in [1.165, 1.54) is 6.92 Å². The number of halogens is 6. The molecule has 0 aromatic heterocycles. The number of alkyl halides is 6. The Morgan fingerprint density at radius 2 is 0.966 bits per heavy atom. The lowest BCUT2D eigenvalue weighted by atomic mass is 9.69. The standard InChI is InChI=1S/C50H65F6N2/c1-36-15-17-38(18-16-36)40-21-27-43(28-22-40)48(50(54,55)56,32-11-10-12-33-58(7,8)9)44-29-23-41(24-30-44)39-19-25-42(26-20-39)47(6,49(51,52)53)31-13-14-37-34-45(2,3)57-46(4,5)35-37/h15-30,37,57H,10-14,31-35H2,1-9H3/q+1. The first-order valence-electron chi connectivity index (χ1n) is 21.0. The Balaban J connectivity index is 1.41. The Morgan fingerprint density at radius 3 is 1.36 bits per heavy atom. The van der Waals surface area contributed by atoms with Gasteiger partial charge >= 0.3 is 12.4 Å². The van der Waals surface area contributed by atoms with Gasteiger partial charge in [-0.1, -0.05) is 122 Å². The molecule has 1 aliphatic heterocycles. The zero-order chi connectivity index (χ0) is 42.8. The summed E-state index contributed by atoms with van der Waals surface area (Å²) in [5.74, 6) is 0.344. The lowest BCUT2D eigenvalue weighted by molar-refractivity contribution is -0.870. The van der Waals surface area contributed by atoms with Gasteiger partial charge in [0.2, 0.25) is 0 Å². The van der Waals surface area contributed by atoms with Gasteiger partial charge < -0.3 is 9.80 Å². The summed E-state index contributed by atoms with van der Waals surface area (Å²) in [5.41, 5.74) is 0.320. The molecule has 1 saturated heterocycles. The molecule has 0 spiro atoms. The SMILES string of the molecule is Cc1ccc(-c2ccc(C(CCCCC[N+](C)(C)C)(c3ccc(-c4ccc(C(C)(CCCC5CC(C)(C)NC(C)(C)C5)C(F)(F)F)cc4)cc3)C(F)(F)F)cc2)cc1. The van der Waals surface area contributed by atoms with Crippen LogP contribution in [0, 0.1) is 12.8 Å². The highest BCUT2D eigenvalue weighted by Crippen LogP contribution is 2.51. The molecule has 0 aliphatic carbocycles. The third-order valence-corrected chi connectivity index (χ3v) is 12.5. The third kappa shape index (κ3) is 10.8. The van der Waals surface area contributed by atoms with Crippen LogP contribution >= 0.6 is 0 Å². The maximum atomic E-state index is 15.8. The molecule has 0 radical (unpaired) electrons. The summed E-state index contributed by atoms with van der Waals surface area (Å²) in [6.45, 7) is 12.8. The number of rotatable bonds is 15. The zero-order valence-corrected chi connectivity index (χ0v) is 36.1. The van der Waals surface area contributed by atoms with E-state index in [0.717, 1.165) is 53.4 Å². The van der Waals surface area contributed by atoms with E-state index >= 15 is 13.2 Å². The summed E-state index contributed by atoms with van der Waals surface area (Å²) >= 11 is 0. The van der Waals surface area contributed by atoms with Crippen LogP contribution in [0.1, 0.15) is 115 Å². The second-order valence-corrected chi connectivity index (χ2v) is 19.7. The molecule has 1 heterocycles. The molecule has 58 heavy (non-hydrogen) atoms. The van der Waals surface area contributed by atoms with Gasteiger partial charge in [0.25, 0.3) is 0 Å². The van der Waals surface area contributed by atoms with Gasteiger partial charge in [-0.15, -0.1) is 0 Å². The summed E-state index contributed by atoms with van der Waals surface area (Å²) in [4.78, 5) is 0. The Bertz CT molecular complexity index is 1900. The van der Waals surface area contributed by atoms with E-state index in [9.17, 15) is 13.2 Å². The first-order chi connectivity index (χ1) is 26.8. The third-order valence-electron chi connectivity index (χ3n) is 12.5. The highest BCUT2D eigenvalue weighted by Gasteiger charge is 2.56. The van der Waals surface area contributed by atoms with Gasteiger partial charge in [0, 0.05) is 11.1 Å². The molecule has 4 aromatic carbocycles. The van der Waals surface area contributed by atoms with Crippen molar-refractivity contribution in [2.75, 3.05) is 27.7 Å². The molecule has 1 fully saturated rings. The molecule has 4 aromatic rings. The van der Waals surface area contributed by atoms with Crippen molar-refractivity contribution in [2.24, 2.45) is 5.92 Å². The van der Waals surface area contributed by atoms with E-state index in [1.54, 1.807) is 72.8 Å². The average molecular weight is 808 g/mol. The summed E-state index contributed by atoms with van der Waals surface area (Å²) in [7, 11) is 6.24. The fourth-order valence-electron chi connectivity index (χ4n) is 9.68. The maximum Gasteiger partial charge on any atom is 0.402 e. The monoisotopic (exact) mass is 808 g/mol. The normalized spacial score (nSPS) is 18.4. The number of piperidine rings is 1.